The maximum atomic E-state index is 12.0. The Morgan fingerprint density at radius 3 is 2.67 bits per heavy atom. The van der Waals surface area contributed by atoms with E-state index in [2.05, 4.69) is 31.9 Å². The number of carbonyl (C=O) groups excluding carboxylic acids is 2. The Labute approximate surface area is 129 Å². The molecule has 10 heteroatoms. The van der Waals surface area contributed by atoms with E-state index in [9.17, 15) is 18.0 Å². The number of hydrogen-bond donors (Lipinski definition) is 4. The monoisotopic (exact) mass is 376 g/mol. The summed E-state index contributed by atoms with van der Waals surface area (Å²) < 4.78 is 22.8. The normalized spacial score (nSPS) is 19.0. The molecule has 8 nitrogen and oxygen atoms in total. The molecule has 0 bridgehead atoms. The topological polar surface area (TPSA) is 130 Å². The molecule has 1 aliphatic rings. The van der Waals surface area contributed by atoms with E-state index in [1.54, 1.807) is 0 Å². The number of nitrogens with two attached hydrogens (primary N) is 1. The minimum absolute atomic E-state index is 0.0598. The second-order valence-electron chi connectivity index (χ2n) is 4.41. The lowest BCUT2D eigenvalue weighted by Gasteiger charge is -2.23. The molecule has 5 N–H and O–H groups in total. The second kappa shape index (κ2) is 6.10. The first-order valence-electron chi connectivity index (χ1n) is 5.90. The minimum atomic E-state index is -3.80. The van der Waals surface area contributed by atoms with Gasteiger partial charge in [-0.3, -0.25) is 14.9 Å². The molecular formula is C11H13BrN4O4S. The first kappa shape index (κ1) is 15.9. The maximum absolute atomic E-state index is 12.0. The summed E-state index contributed by atoms with van der Waals surface area (Å²) in [6.45, 7) is 0.265. The first-order valence-corrected chi connectivity index (χ1v) is 8.24. The lowest BCUT2D eigenvalue weighted by atomic mass is 10.2. The number of carbonyl (C=O) groups is 2. The first-order chi connectivity index (χ1) is 9.77. The van der Waals surface area contributed by atoms with E-state index in [0.29, 0.717) is 10.2 Å². The number of hydrogen-bond acceptors (Lipinski definition) is 5. The number of primary sulfonamides is 1. The van der Waals surface area contributed by atoms with Crippen molar-refractivity contribution in [2.45, 2.75) is 10.9 Å². The molecule has 0 radical (unpaired) electrons. The summed E-state index contributed by atoms with van der Waals surface area (Å²) >= 11 is 3.18. The summed E-state index contributed by atoms with van der Waals surface area (Å²) in [7, 11) is -3.80. The smallest absolute Gasteiger partial charge is 0.243 e. The molecule has 1 saturated heterocycles. The minimum Gasteiger partial charge on any atom is -0.353 e. The standard InChI is InChI=1S/C11H13BrN4O4S/c12-7-3-6(21(13,19)20)1-2-8(7)16-11(18)9-4-15-10(17)5-14-9/h1-3,9,14H,4-5H2,(H,15,17)(H,16,18)(H2,13,19,20). The van der Waals surface area contributed by atoms with E-state index in [4.69, 9.17) is 5.14 Å². The second-order valence-corrected chi connectivity index (χ2v) is 6.83. The van der Waals surface area contributed by atoms with Gasteiger partial charge < -0.3 is 10.6 Å². The van der Waals surface area contributed by atoms with Crippen molar-refractivity contribution < 1.29 is 18.0 Å². The summed E-state index contributed by atoms with van der Waals surface area (Å²) in [5, 5.41) is 13.0. The number of rotatable bonds is 3. The third-order valence-electron chi connectivity index (χ3n) is 2.86. The van der Waals surface area contributed by atoms with Crippen molar-refractivity contribution >= 4 is 43.5 Å². The summed E-state index contributed by atoms with van der Waals surface area (Å²) in [4.78, 5) is 23.0. The van der Waals surface area contributed by atoms with Crippen molar-refractivity contribution in [2.24, 2.45) is 5.14 Å². The van der Waals surface area contributed by atoms with Crippen LogP contribution in [0.5, 0.6) is 0 Å². The number of amides is 2. The number of halogens is 1. The third-order valence-corrected chi connectivity index (χ3v) is 4.42. The number of sulfonamides is 1. The third kappa shape index (κ3) is 4.00. The van der Waals surface area contributed by atoms with Gasteiger partial charge in [0.25, 0.3) is 0 Å². The van der Waals surface area contributed by atoms with Crippen molar-refractivity contribution in [3.8, 4) is 0 Å². The van der Waals surface area contributed by atoms with E-state index in [1.807, 2.05) is 0 Å². The van der Waals surface area contributed by atoms with E-state index >= 15 is 0 Å². The summed E-state index contributed by atoms with van der Waals surface area (Å²) in [6.07, 6.45) is 0. The van der Waals surface area contributed by atoms with Crippen molar-refractivity contribution in [2.75, 3.05) is 18.4 Å². The SMILES string of the molecule is NS(=O)(=O)c1ccc(NC(=O)C2CNC(=O)CN2)c(Br)c1. The molecule has 1 aromatic carbocycles. The zero-order valence-electron chi connectivity index (χ0n) is 10.7. The highest BCUT2D eigenvalue weighted by Gasteiger charge is 2.24. The van der Waals surface area contributed by atoms with Crippen LogP contribution in [0.15, 0.2) is 27.6 Å². The Hall–Kier alpha value is -1.49. The molecule has 0 spiro atoms. The lowest BCUT2D eigenvalue weighted by molar-refractivity contribution is -0.124. The molecule has 1 heterocycles. The van der Waals surface area contributed by atoms with E-state index < -0.39 is 16.1 Å². The molecule has 114 valence electrons. The highest BCUT2D eigenvalue weighted by molar-refractivity contribution is 9.10. The Kier molecular flexibility index (Phi) is 4.61. The molecule has 1 fully saturated rings. The number of anilines is 1. The predicted molar refractivity (Wildman–Crippen MR) is 78.9 cm³/mol. The molecular weight excluding hydrogens is 364 g/mol. The van der Waals surface area contributed by atoms with Gasteiger partial charge in [0.15, 0.2) is 0 Å². The van der Waals surface area contributed by atoms with Crippen LogP contribution in [0.1, 0.15) is 0 Å². The van der Waals surface area contributed by atoms with Gasteiger partial charge >= 0.3 is 0 Å². The Morgan fingerprint density at radius 1 is 1.43 bits per heavy atom. The molecule has 2 rings (SSSR count). The van der Waals surface area contributed by atoms with Crippen LogP contribution in [0.25, 0.3) is 0 Å². The number of benzene rings is 1. The van der Waals surface area contributed by atoms with Crippen LogP contribution >= 0.6 is 15.9 Å². The fourth-order valence-electron chi connectivity index (χ4n) is 1.75. The zero-order chi connectivity index (χ0) is 15.6. The van der Waals surface area contributed by atoms with Crippen LogP contribution in [0.4, 0.5) is 5.69 Å². The molecule has 0 aromatic heterocycles. The van der Waals surface area contributed by atoms with Gasteiger partial charge in [-0.15, -0.1) is 0 Å². The zero-order valence-corrected chi connectivity index (χ0v) is 13.1. The van der Waals surface area contributed by atoms with Crippen molar-refractivity contribution in [3.63, 3.8) is 0 Å². The quantitative estimate of drug-likeness (QED) is 0.544. The van der Waals surface area contributed by atoms with Crippen LogP contribution < -0.4 is 21.1 Å². The fourth-order valence-corrected chi connectivity index (χ4v) is 2.92. The van der Waals surface area contributed by atoms with Gasteiger partial charge in [0.2, 0.25) is 21.8 Å². The van der Waals surface area contributed by atoms with Gasteiger partial charge in [-0.1, -0.05) is 0 Å². The van der Waals surface area contributed by atoms with Gasteiger partial charge in [0.05, 0.1) is 17.1 Å². The van der Waals surface area contributed by atoms with Crippen LogP contribution in [0.3, 0.4) is 0 Å². The van der Waals surface area contributed by atoms with Crippen molar-refractivity contribution in [1.82, 2.24) is 10.6 Å². The van der Waals surface area contributed by atoms with Crippen molar-refractivity contribution in [3.05, 3.63) is 22.7 Å². The Bertz CT molecular complexity index is 681. The Balaban J connectivity index is 2.09. The summed E-state index contributed by atoms with van der Waals surface area (Å²) in [5.41, 5.74) is 0.408. The van der Waals surface area contributed by atoms with Crippen LogP contribution in [0.2, 0.25) is 0 Å². The fraction of sp³-hybridized carbons (Fsp3) is 0.273. The highest BCUT2D eigenvalue weighted by atomic mass is 79.9. The van der Waals surface area contributed by atoms with Gasteiger partial charge in [0.1, 0.15) is 6.04 Å². The number of nitrogens with one attached hydrogen (secondary N) is 3. The molecule has 1 unspecified atom stereocenters. The van der Waals surface area contributed by atoms with Crippen LogP contribution in [0, 0.1) is 0 Å². The molecule has 1 atom stereocenters. The van der Waals surface area contributed by atoms with Gasteiger partial charge in [-0.2, -0.15) is 0 Å². The van der Waals surface area contributed by atoms with Gasteiger partial charge in [-0.05, 0) is 34.1 Å². The van der Waals surface area contributed by atoms with Gasteiger partial charge in [0, 0.05) is 11.0 Å². The average Bonchev–Trinajstić information content (AvgIpc) is 2.40. The van der Waals surface area contributed by atoms with Gasteiger partial charge in [-0.25, -0.2) is 13.6 Å². The summed E-state index contributed by atoms with van der Waals surface area (Å²) in [6, 6.07) is 3.49. The Morgan fingerprint density at radius 2 is 2.14 bits per heavy atom. The molecule has 0 aliphatic carbocycles. The molecule has 21 heavy (non-hydrogen) atoms. The molecule has 2 amide bonds. The van der Waals surface area contributed by atoms with E-state index in [0.717, 1.165) is 0 Å². The molecule has 1 aliphatic heterocycles. The van der Waals surface area contributed by atoms with E-state index in [1.165, 1.54) is 18.2 Å². The largest absolute Gasteiger partial charge is 0.353 e. The van der Waals surface area contributed by atoms with Crippen LogP contribution in [-0.4, -0.2) is 39.4 Å². The van der Waals surface area contributed by atoms with E-state index in [-0.39, 0.29) is 29.8 Å². The maximum Gasteiger partial charge on any atom is 0.243 e. The average molecular weight is 377 g/mol. The molecule has 0 saturated carbocycles. The summed E-state index contributed by atoms with van der Waals surface area (Å²) in [5.74, 6) is -0.503. The lowest BCUT2D eigenvalue weighted by Crippen LogP contribution is -2.56. The molecule has 1 aromatic rings. The van der Waals surface area contributed by atoms with Crippen molar-refractivity contribution in [1.29, 1.82) is 0 Å². The predicted octanol–water partition coefficient (Wildman–Crippen LogP) is -0.877. The highest BCUT2D eigenvalue weighted by Crippen LogP contribution is 2.25. The number of piperazine rings is 1. The van der Waals surface area contributed by atoms with Crippen LogP contribution in [-0.2, 0) is 19.6 Å².